The number of aryl methyl sites for hydroxylation is 1. The molecule has 6 heteroatoms. The van der Waals surface area contributed by atoms with E-state index in [-0.39, 0.29) is 23.4 Å². The highest BCUT2D eigenvalue weighted by atomic mass is 32.2. The van der Waals surface area contributed by atoms with Gasteiger partial charge in [0, 0.05) is 30.6 Å². The number of aromatic nitrogens is 2. The maximum atomic E-state index is 11.9. The van der Waals surface area contributed by atoms with Gasteiger partial charge in [-0.3, -0.25) is 0 Å². The Balaban J connectivity index is 2.47. The zero-order valence-corrected chi connectivity index (χ0v) is 9.40. The Morgan fingerprint density at radius 1 is 1.47 bits per heavy atom. The zero-order chi connectivity index (χ0) is 11.5. The highest BCUT2D eigenvalue weighted by molar-refractivity contribution is 8.00. The van der Waals surface area contributed by atoms with E-state index in [0.717, 1.165) is 5.82 Å². The number of imidazole rings is 1. The first-order valence-electron chi connectivity index (χ1n) is 4.62. The Kier molecular flexibility index (Phi) is 4.07. The van der Waals surface area contributed by atoms with Gasteiger partial charge in [0.25, 0.3) is 0 Å². The van der Waals surface area contributed by atoms with E-state index in [1.807, 2.05) is 13.8 Å². The number of thioether (sulfide) groups is 1. The van der Waals surface area contributed by atoms with Gasteiger partial charge in [0.1, 0.15) is 5.82 Å². The second-order valence-electron chi connectivity index (χ2n) is 3.43. The first kappa shape index (κ1) is 12.4. The number of alkyl halides is 3. The van der Waals surface area contributed by atoms with Crippen molar-refractivity contribution in [3.8, 4) is 0 Å². The summed E-state index contributed by atoms with van der Waals surface area (Å²) in [4.78, 5) is 4.10. The second-order valence-corrected chi connectivity index (χ2v) is 4.59. The molecule has 0 aliphatic heterocycles. The van der Waals surface area contributed by atoms with Crippen LogP contribution in [0.1, 0.15) is 25.6 Å². The van der Waals surface area contributed by atoms with Gasteiger partial charge in [-0.05, 0) is 11.8 Å². The molecule has 0 spiro atoms. The smallest absolute Gasteiger partial charge is 0.334 e. The molecule has 0 fully saturated rings. The fraction of sp³-hybridized carbons (Fsp3) is 0.667. The van der Waals surface area contributed by atoms with Gasteiger partial charge in [-0.1, -0.05) is 13.8 Å². The maximum Gasteiger partial charge on any atom is 0.441 e. The summed E-state index contributed by atoms with van der Waals surface area (Å²) in [7, 11) is 0. The van der Waals surface area contributed by atoms with E-state index in [1.54, 1.807) is 17.0 Å². The number of hydrogen-bond acceptors (Lipinski definition) is 2. The van der Waals surface area contributed by atoms with Crippen LogP contribution in [0, 0.1) is 0 Å². The lowest BCUT2D eigenvalue weighted by atomic mass is 10.2. The summed E-state index contributed by atoms with van der Waals surface area (Å²) in [5.41, 5.74) is -4.14. The van der Waals surface area contributed by atoms with E-state index in [2.05, 4.69) is 4.98 Å². The highest BCUT2D eigenvalue weighted by Crippen LogP contribution is 2.30. The van der Waals surface area contributed by atoms with Gasteiger partial charge in [0.2, 0.25) is 0 Å². The van der Waals surface area contributed by atoms with Crippen LogP contribution in [-0.4, -0.2) is 20.8 Å². The van der Waals surface area contributed by atoms with Crippen molar-refractivity contribution < 1.29 is 13.2 Å². The molecule has 0 atom stereocenters. The largest absolute Gasteiger partial charge is 0.441 e. The summed E-state index contributed by atoms with van der Waals surface area (Å²) in [6.07, 6.45) is 3.33. The lowest BCUT2D eigenvalue weighted by Crippen LogP contribution is -2.09. The molecule has 0 unspecified atom stereocenters. The van der Waals surface area contributed by atoms with Crippen molar-refractivity contribution in [2.45, 2.75) is 31.8 Å². The Bertz CT molecular complexity index is 307. The molecule has 15 heavy (non-hydrogen) atoms. The Morgan fingerprint density at radius 3 is 2.67 bits per heavy atom. The van der Waals surface area contributed by atoms with E-state index < -0.39 is 5.51 Å². The van der Waals surface area contributed by atoms with Crippen molar-refractivity contribution in [3.63, 3.8) is 0 Å². The monoisotopic (exact) mass is 238 g/mol. The van der Waals surface area contributed by atoms with Crippen molar-refractivity contribution in [2.24, 2.45) is 0 Å². The van der Waals surface area contributed by atoms with Gasteiger partial charge in [-0.15, -0.1) is 0 Å². The fourth-order valence-electron chi connectivity index (χ4n) is 1.27. The Morgan fingerprint density at radius 2 is 2.13 bits per heavy atom. The summed E-state index contributed by atoms with van der Waals surface area (Å²) in [6, 6.07) is 0. The van der Waals surface area contributed by atoms with Crippen LogP contribution in [0.5, 0.6) is 0 Å². The van der Waals surface area contributed by atoms with Crippen LogP contribution in [-0.2, 0) is 6.54 Å². The van der Waals surface area contributed by atoms with E-state index in [1.165, 1.54) is 0 Å². The van der Waals surface area contributed by atoms with Crippen molar-refractivity contribution in [1.29, 1.82) is 0 Å². The van der Waals surface area contributed by atoms with Crippen molar-refractivity contribution in [1.82, 2.24) is 9.55 Å². The average Bonchev–Trinajstić information content (AvgIpc) is 2.49. The van der Waals surface area contributed by atoms with Crippen LogP contribution >= 0.6 is 11.8 Å². The molecular weight excluding hydrogens is 225 g/mol. The maximum absolute atomic E-state index is 11.9. The van der Waals surface area contributed by atoms with Crippen LogP contribution in [0.15, 0.2) is 12.4 Å². The first-order valence-corrected chi connectivity index (χ1v) is 5.60. The van der Waals surface area contributed by atoms with Gasteiger partial charge in [0.05, 0.1) is 0 Å². The standard InChI is InChI=1S/C9H13F3N2S/c1-7(2)8-13-3-4-14(8)5-6-15-9(10,11)12/h3-4,7H,5-6H2,1-2H3. The molecule has 0 aromatic carbocycles. The normalized spacial score (nSPS) is 12.4. The molecule has 86 valence electrons. The highest BCUT2D eigenvalue weighted by Gasteiger charge is 2.27. The van der Waals surface area contributed by atoms with Crippen molar-refractivity contribution in [2.75, 3.05) is 5.75 Å². The molecule has 0 radical (unpaired) electrons. The van der Waals surface area contributed by atoms with Crippen LogP contribution in [0.25, 0.3) is 0 Å². The molecule has 1 rings (SSSR count). The van der Waals surface area contributed by atoms with Crippen LogP contribution in [0.3, 0.4) is 0 Å². The molecule has 0 saturated carbocycles. The lowest BCUT2D eigenvalue weighted by molar-refractivity contribution is -0.0328. The summed E-state index contributed by atoms with van der Waals surface area (Å²) in [6.45, 7) is 4.28. The molecule has 0 saturated heterocycles. The molecule has 1 aromatic heterocycles. The molecule has 0 N–H and O–H groups in total. The predicted molar refractivity (Wildman–Crippen MR) is 54.8 cm³/mol. The third kappa shape index (κ3) is 4.15. The minimum absolute atomic E-state index is 0.00361. The molecular formula is C9H13F3N2S. The number of halogens is 3. The van der Waals surface area contributed by atoms with Crippen molar-refractivity contribution >= 4 is 11.8 Å². The topological polar surface area (TPSA) is 17.8 Å². The third-order valence-electron chi connectivity index (χ3n) is 1.86. The third-order valence-corrected chi connectivity index (χ3v) is 2.58. The Labute approximate surface area is 90.9 Å². The minimum atomic E-state index is -4.14. The summed E-state index contributed by atoms with van der Waals surface area (Å²) >= 11 is 0.00361. The van der Waals surface area contributed by atoms with Gasteiger partial charge in [-0.25, -0.2) is 4.98 Å². The second kappa shape index (κ2) is 4.92. The van der Waals surface area contributed by atoms with Gasteiger partial charge >= 0.3 is 5.51 Å². The first-order chi connectivity index (χ1) is 6.90. The predicted octanol–water partition coefficient (Wildman–Crippen LogP) is 3.26. The molecule has 1 heterocycles. The van der Waals surface area contributed by atoms with Crippen LogP contribution < -0.4 is 0 Å². The van der Waals surface area contributed by atoms with E-state index >= 15 is 0 Å². The lowest BCUT2D eigenvalue weighted by Gasteiger charge is -2.10. The summed E-state index contributed by atoms with van der Waals surface area (Å²) in [5.74, 6) is 1.09. The number of rotatable bonds is 4. The van der Waals surface area contributed by atoms with Gasteiger partial charge in [0.15, 0.2) is 0 Å². The van der Waals surface area contributed by atoms with Gasteiger partial charge < -0.3 is 4.57 Å². The summed E-state index contributed by atoms with van der Waals surface area (Å²) < 4.78 is 37.4. The molecule has 2 nitrogen and oxygen atoms in total. The number of hydrogen-bond donors (Lipinski definition) is 0. The zero-order valence-electron chi connectivity index (χ0n) is 8.58. The van der Waals surface area contributed by atoms with E-state index in [9.17, 15) is 13.2 Å². The quantitative estimate of drug-likeness (QED) is 0.801. The van der Waals surface area contributed by atoms with Crippen molar-refractivity contribution in [3.05, 3.63) is 18.2 Å². The fourth-order valence-corrected chi connectivity index (χ4v) is 1.79. The van der Waals surface area contributed by atoms with Gasteiger partial charge in [-0.2, -0.15) is 13.2 Å². The molecule has 1 aromatic rings. The number of nitrogens with zero attached hydrogens (tertiary/aromatic N) is 2. The van der Waals surface area contributed by atoms with E-state index in [0.29, 0.717) is 6.54 Å². The van der Waals surface area contributed by atoms with Crippen LogP contribution in [0.2, 0.25) is 0 Å². The minimum Gasteiger partial charge on any atom is -0.334 e. The molecule has 0 aliphatic carbocycles. The summed E-state index contributed by atoms with van der Waals surface area (Å²) in [5, 5.41) is 0. The SMILES string of the molecule is CC(C)c1nccn1CCSC(F)(F)F. The van der Waals surface area contributed by atoms with E-state index in [4.69, 9.17) is 0 Å². The van der Waals surface area contributed by atoms with Crippen LogP contribution in [0.4, 0.5) is 13.2 Å². The molecule has 0 bridgehead atoms. The molecule has 0 aliphatic rings. The Hall–Kier alpha value is -0.650. The average molecular weight is 238 g/mol. The molecule has 0 amide bonds.